The number of fused-ring (bicyclic) bond motifs is 2. The van der Waals surface area contributed by atoms with E-state index in [9.17, 15) is 4.39 Å². The van der Waals surface area contributed by atoms with Gasteiger partial charge in [0.1, 0.15) is 17.4 Å². The molecule has 0 radical (unpaired) electrons. The molecule has 0 amide bonds. The van der Waals surface area contributed by atoms with E-state index in [1.54, 1.807) is 18.2 Å². The molecule has 1 heterocycles. The van der Waals surface area contributed by atoms with E-state index in [1.165, 1.54) is 12.1 Å². The summed E-state index contributed by atoms with van der Waals surface area (Å²) < 4.78 is 19.0. The first-order chi connectivity index (χ1) is 12.7. The Morgan fingerprint density at radius 2 is 1.77 bits per heavy atom. The Balaban J connectivity index is 1.65. The zero-order chi connectivity index (χ0) is 17.9. The van der Waals surface area contributed by atoms with Gasteiger partial charge in [0.25, 0.3) is 0 Å². The number of ether oxygens (including phenoxy) is 1. The average Bonchev–Trinajstić information content (AvgIpc) is 2.80. The van der Waals surface area contributed by atoms with Crippen LogP contribution in [0.25, 0.3) is 0 Å². The molecular formula is C21H16ClFN2O. The van der Waals surface area contributed by atoms with Crippen LogP contribution in [0.4, 0.5) is 10.1 Å². The third-order valence-electron chi connectivity index (χ3n) is 4.14. The molecule has 1 aliphatic rings. The molecular weight excluding hydrogens is 351 g/mol. The lowest BCUT2D eigenvalue weighted by atomic mass is 10.1. The number of halogens is 2. The molecule has 5 heteroatoms. The summed E-state index contributed by atoms with van der Waals surface area (Å²) in [6.45, 7) is 0.558. The molecule has 3 aromatic rings. The van der Waals surface area contributed by atoms with Crippen molar-refractivity contribution in [3.05, 3.63) is 88.7 Å². The van der Waals surface area contributed by atoms with Crippen molar-refractivity contribution < 1.29 is 9.13 Å². The third kappa shape index (κ3) is 3.55. The third-order valence-corrected chi connectivity index (χ3v) is 4.38. The normalized spacial score (nSPS) is 14.0. The van der Waals surface area contributed by atoms with Gasteiger partial charge in [0, 0.05) is 11.6 Å². The van der Waals surface area contributed by atoms with Crippen LogP contribution >= 0.6 is 11.6 Å². The van der Waals surface area contributed by atoms with Gasteiger partial charge in [-0.15, -0.1) is 0 Å². The van der Waals surface area contributed by atoms with E-state index in [-0.39, 0.29) is 5.82 Å². The summed E-state index contributed by atoms with van der Waals surface area (Å²) in [4.78, 5) is 4.72. The smallest absolute Gasteiger partial charge is 0.150 e. The SMILES string of the molecule is Fc1ccc(CCN=C2Nc3ccccc3Oc3ccc(Cl)cc32)cc1. The fourth-order valence-corrected chi connectivity index (χ4v) is 2.99. The number of nitrogens with one attached hydrogen (secondary N) is 1. The summed E-state index contributed by atoms with van der Waals surface area (Å²) in [5.41, 5.74) is 2.69. The van der Waals surface area contributed by atoms with Crippen molar-refractivity contribution in [2.75, 3.05) is 11.9 Å². The van der Waals surface area contributed by atoms with Crippen molar-refractivity contribution in [3.63, 3.8) is 0 Å². The molecule has 0 saturated carbocycles. The number of para-hydroxylation sites is 2. The molecule has 0 atom stereocenters. The second-order valence-electron chi connectivity index (χ2n) is 5.97. The molecule has 0 bridgehead atoms. The molecule has 4 rings (SSSR count). The average molecular weight is 367 g/mol. The van der Waals surface area contributed by atoms with Gasteiger partial charge in [0.05, 0.1) is 11.3 Å². The molecule has 26 heavy (non-hydrogen) atoms. The molecule has 0 aliphatic carbocycles. The summed E-state index contributed by atoms with van der Waals surface area (Å²) >= 11 is 6.18. The number of rotatable bonds is 3. The Hall–Kier alpha value is -2.85. The standard InChI is InChI=1S/C21H16ClFN2O/c22-15-7-10-19-17(13-15)21(25-18-3-1-2-4-20(18)26-19)24-12-11-14-5-8-16(23)9-6-14/h1-10,13H,11-12H2,(H,24,25). The molecule has 1 aliphatic heterocycles. The maximum atomic E-state index is 13.0. The lowest BCUT2D eigenvalue weighted by molar-refractivity contribution is 0.486. The lowest BCUT2D eigenvalue weighted by Gasteiger charge is -2.09. The predicted octanol–water partition coefficient (Wildman–Crippen LogP) is 5.69. The highest BCUT2D eigenvalue weighted by atomic mass is 35.5. The fourth-order valence-electron chi connectivity index (χ4n) is 2.82. The molecule has 0 spiro atoms. The molecule has 3 aromatic carbocycles. The van der Waals surface area contributed by atoms with Crippen LogP contribution in [0.5, 0.6) is 11.5 Å². The molecule has 0 aromatic heterocycles. The number of hydrogen-bond acceptors (Lipinski definition) is 2. The van der Waals surface area contributed by atoms with Gasteiger partial charge in [0.15, 0.2) is 5.75 Å². The highest BCUT2D eigenvalue weighted by molar-refractivity contribution is 6.31. The molecule has 0 saturated heterocycles. The first-order valence-electron chi connectivity index (χ1n) is 8.32. The number of aliphatic imine (C=N–C) groups is 1. The molecule has 130 valence electrons. The van der Waals surface area contributed by atoms with Crippen LogP contribution in [0.2, 0.25) is 5.02 Å². The quantitative estimate of drug-likeness (QED) is 0.646. The summed E-state index contributed by atoms with van der Waals surface area (Å²) in [5, 5.41) is 3.96. The molecule has 3 nitrogen and oxygen atoms in total. The van der Waals surface area contributed by atoms with Crippen LogP contribution in [0.3, 0.4) is 0 Å². The van der Waals surface area contributed by atoms with Crippen molar-refractivity contribution in [2.24, 2.45) is 4.99 Å². The lowest BCUT2D eigenvalue weighted by Crippen LogP contribution is -2.13. The maximum absolute atomic E-state index is 13.0. The van der Waals surface area contributed by atoms with E-state index in [2.05, 4.69) is 5.32 Å². The van der Waals surface area contributed by atoms with Crippen LogP contribution in [-0.4, -0.2) is 12.4 Å². The minimum Gasteiger partial charge on any atom is -0.454 e. The first-order valence-corrected chi connectivity index (χ1v) is 8.69. The van der Waals surface area contributed by atoms with Crippen LogP contribution < -0.4 is 10.1 Å². The second kappa shape index (κ2) is 7.18. The summed E-state index contributed by atoms with van der Waals surface area (Å²) in [6.07, 6.45) is 0.712. The van der Waals surface area contributed by atoms with Gasteiger partial charge in [0.2, 0.25) is 0 Å². The molecule has 1 N–H and O–H groups in total. The van der Waals surface area contributed by atoms with Crippen molar-refractivity contribution in [1.29, 1.82) is 0 Å². The van der Waals surface area contributed by atoms with Crippen LogP contribution in [0.1, 0.15) is 11.1 Å². The fraction of sp³-hybridized carbons (Fsp3) is 0.0952. The Bertz CT molecular complexity index is 970. The van der Waals surface area contributed by atoms with Crippen molar-refractivity contribution in [1.82, 2.24) is 0 Å². The number of anilines is 1. The van der Waals surface area contributed by atoms with Gasteiger partial charge in [-0.25, -0.2) is 4.39 Å². The Labute approximate surface area is 156 Å². The van der Waals surface area contributed by atoms with Gasteiger partial charge in [-0.3, -0.25) is 4.99 Å². The largest absolute Gasteiger partial charge is 0.454 e. The second-order valence-corrected chi connectivity index (χ2v) is 6.41. The van der Waals surface area contributed by atoms with Crippen molar-refractivity contribution >= 4 is 23.1 Å². The van der Waals surface area contributed by atoms with Crippen LogP contribution in [-0.2, 0) is 6.42 Å². The van der Waals surface area contributed by atoms with E-state index in [1.807, 2.05) is 36.4 Å². The summed E-state index contributed by atoms with van der Waals surface area (Å²) in [6, 6.07) is 19.7. The van der Waals surface area contributed by atoms with E-state index in [0.717, 1.165) is 22.6 Å². The van der Waals surface area contributed by atoms with E-state index in [0.29, 0.717) is 29.6 Å². The highest BCUT2D eigenvalue weighted by Gasteiger charge is 2.19. The van der Waals surface area contributed by atoms with E-state index in [4.69, 9.17) is 21.3 Å². The van der Waals surface area contributed by atoms with Crippen LogP contribution in [0, 0.1) is 5.82 Å². The van der Waals surface area contributed by atoms with Crippen LogP contribution in [0.15, 0.2) is 71.7 Å². The topological polar surface area (TPSA) is 33.6 Å². The summed E-state index contributed by atoms with van der Waals surface area (Å²) in [7, 11) is 0. The number of amidine groups is 1. The monoisotopic (exact) mass is 366 g/mol. The minimum atomic E-state index is -0.233. The first kappa shape index (κ1) is 16.6. The van der Waals surface area contributed by atoms with Crippen molar-refractivity contribution in [2.45, 2.75) is 6.42 Å². The van der Waals surface area contributed by atoms with Gasteiger partial charge in [-0.2, -0.15) is 0 Å². The van der Waals surface area contributed by atoms with Crippen molar-refractivity contribution in [3.8, 4) is 11.5 Å². The number of hydrogen-bond donors (Lipinski definition) is 1. The Morgan fingerprint density at radius 3 is 2.62 bits per heavy atom. The van der Waals surface area contributed by atoms with E-state index < -0.39 is 0 Å². The van der Waals surface area contributed by atoms with Gasteiger partial charge >= 0.3 is 0 Å². The zero-order valence-corrected chi connectivity index (χ0v) is 14.6. The zero-order valence-electron chi connectivity index (χ0n) is 13.9. The van der Waals surface area contributed by atoms with Gasteiger partial charge < -0.3 is 10.1 Å². The maximum Gasteiger partial charge on any atom is 0.150 e. The van der Waals surface area contributed by atoms with E-state index >= 15 is 0 Å². The predicted molar refractivity (Wildman–Crippen MR) is 103 cm³/mol. The Morgan fingerprint density at radius 1 is 0.962 bits per heavy atom. The highest BCUT2D eigenvalue weighted by Crippen LogP contribution is 2.36. The number of benzene rings is 3. The van der Waals surface area contributed by atoms with Gasteiger partial charge in [-0.1, -0.05) is 35.9 Å². The molecule has 0 unspecified atom stereocenters. The Kier molecular flexibility index (Phi) is 4.59. The van der Waals surface area contributed by atoms with Gasteiger partial charge in [-0.05, 0) is 54.4 Å². The number of nitrogens with zero attached hydrogens (tertiary/aromatic N) is 1. The molecule has 0 fully saturated rings. The minimum absolute atomic E-state index is 0.233. The summed E-state index contributed by atoms with van der Waals surface area (Å²) in [5.74, 6) is 1.91.